The Balaban J connectivity index is 2.12. The topological polar surface area (TPSA) is 0 Å². The van der Waals surface area contributed by atoms with Gasteiger partial charge < -0.3 is 0 Å². The van der Waals surface area contributed by atoms with Crippen molar-refractivity contribution in [1.29, 1.82) is 0 Å². The number of thiol groups is 1. The van der Waals surface area contributed by atoms with E-state index in [2.05, 4.69) is 55.7 Å². The molecule has 0 atom stereocenters. The molecule has 0 aliphatic heterocycles. The zero-order chi connectivity index (χ0) is 12.8. The molecule has 0 aliphatic rings. The molecule has 0 aromatic heterocycles. The van der Waals surface area contributed by atoms with Crippen molar-refractivity contribution in [2.24, 2.45) is 0 Å². The maximum atomic E-state index is 4.25. The first-order chi connectivity index (χ1) is 8.78. The van der Waals surface area contributed by atoms with Gasteiger partial charge in [0.25, 0.3) is 0 Å². The highest BCUT2D eigenvalue weighted by Crippen LogP contribution is 2.08. The SMILES string of the molecule is CCCc1ccc(C#Cc2ccc(S)cc2)cc1. The van der Waals surface area contributed by atoms with Gasteiger partial charge in [-0.2, -0.15) is 0 Å². The number of hydrogen-bond donors (Lipinski definition) is 1. The summed E-state index contributed by atoms with van der Waals surface area (Å²) in [5, 5.41) is 0. The average molecular weight is 252 g/mol. The molecular weight excluding hydrogens is 236 g/mol. The van der Waals surface area contributed by atoms with E-state index in [1.165, 1.54) is 12.0 Å². The van der Waals surface area contributed by atoms with Gasteiger partial charge in [-0.3, -0.25) is 0 Å². The molecule has 0 saturated carbocycles. The van der Waals surface area contributed by atoms with E-state index in [4.69, 9.17) is 0 Å². The van der Waals surface area contributed by atoms with Crippen LogP contribution in [0.15, 0.2) is 53.4 Å². The maximum absolute atomic E-state index is 4.25. The number of hydrogen-bond acceptors (Lipinski definition) is 1. The second kappa shape index (κ2) is 6.33. The molecule has 0 bridgehead atoms. The summed E-state index contributed by atoms with van der Waals surface area (Å²) in [6.45, 7) is 2.19. The van der Waals surface area contributed by atoms with E-state index in [1.807, 2.05) is 24.3 Å². The van der Waals surface area contributed by atoms with Gasteiger partial charge in [-0.1, -0.05) is 37.3 Å². The molecule has 0 fully saturated rings. The summed E-state index contributed by atoms with van der Waals surface area (Å²) in [6.07, 6.45) is 2.32. The molecule has 18 heavy (non-hydrogen) atoms. The van der Waals surface area contributed by atoms with Gasteiger partial charge >= 0.3 is 0 Å². The average Bonchev–Trinajstić information content (AvgIpc) is 2.40. The van der Waals surface area contributed by atoms with Gasteiger partial charge in [0.15, 0.2) is 0 Å². The van der Waals surface area contributed by atoms with Crippen molar-refractivity contribution >= 4 is 12.6 Å². The molecule has 2 rings (SSSR count). The Morgan fingerprint density at radius 1 is 0.833 bits per heavy atom. The van der Waals surface area contributed by atoms with Crippen LogP contribution in [0.4, 0.5) is 0 Å². The molecule has 0 spiro atoms. The molecule has 90 valence electrons. The van der Waals surface area contributed by atoms with Crippen LogP contribution in [-0.2, 0) is 6.42 Å². The highest BCUT2D eigenvalue weighted by atomic mass is 32.1. The molecule has 0 saturated heterocycles. The Morgan fingerprint density at radius 2 is 1.33 bits per heavy atom. The van der Waals surface area contributed by atoms with E-state index < -0.39 is 0 Å². The summed E-state index contributed by atoms with van der Waals surface area (Å²) in [4.78, 5) is 0.962. The van der Waals surface area contributed by atoms with Gasteiger partial charge in [-0.25, -0.2) is 0 Å². The molecule has 0 unspecified atom stereocenters. The quantitative estimate of drug-likeness (QED) is 0.597. The monoisotopic (exact) mass is 252 g/mol. The van der Waals surface area contributed by atoms with Crippen LogP contribution in [0.5, 0.6) is 0 Å². The van der Waals surface area contributed by atoms with Crippen LogP contribution in [0.3, 0.4) is 0 Å². The minimum Gasteiger partial charge on any atom is -0.143 e. The Labute approximate surface area is 114 Å². The Morgan fingerprint density at radius 3 is 1.83 bits per heavy atom. The second-order valence-corrected chi connectivity index (χ2v) is 4.76. The third-order valence-corrected chi connectivity index (χ3v) is 3.01. The van der Waals surface area contributed by atoms with E-state index in [0.717, 1.165) is 22.4 Å². The first-order valence-corrected chi connectivity index (χ1v) is 6.62. The molecule has 1 heteroatoms. The van der Waals surface area contributed by atoms with E-state index in [1.54, 1.807) is 0 Å². The van der Waals surface area contributed by atoms with Crippen molar-refractivity contribution in [1.82, 2.24) is 0 Å². The van der Waals surface area contributed by atoms with Crippen molar-refractivity contribution < 1.29 is 0 Å². The number of benzene rings is 2. The fourth-order valence-corrected chi connectivity index (χ4v) is 1.88. The van der Waals surface area contributed by atoms with Crippen LogP contribution in [0.1, 0.15) is 30.0 Å². The molecule has 0 nitrogen and oxygen atoms in total. The summed E-state index contributed by atoms with van der Waals surface area (Å²) in [7, 11) is 0. The minimum atomic E-state index is 0.962. The van der Waals surface area contributed by atoms with Gasteiger partial charge in [-0.05, 0) is 48.4 Å². The lowest BCUT2D eigenvalue weighted by Crippen LogP contribution is -1.83. The fraction of sp³-hybridized carbons (Fsp3) is 0.176. The van der Waals surface area contributed by atoms with Crippen LogP contribution in [0.2, 0.25) is 0 Å². The summed E-state index contributed by atoms with van der Waals surface area (Å²) in [5.41, 5.74) is 3.46. The summed E-state index contributed by atoms with van der Waals surface area (Å²) in [5.74, 6) is 6.33. The lowest BCUT2D eigenvalue weighted by Gasteiger charge is -1.97. The van der Waals surface area contributed by atoms with E-state index >= 15 is 0 Å². The third-order valence-electron chi connectivity index (χ3n) is 2.71. The molecule has 2 aromatic rings. The molecule has 2 aromatic carbocycles. The van der Waals surface area contributed by atoms with E-state index in [9.17, 15) is 0 Å². The van der Waals surface area contributed by atoms with Crippen LogP contribution < -0.4 is 0 Å². The Bertz CT molecular complexity index is 553. The van der Waals surface area contributed by atoms with Crippen molar-refractivity contribution in [2.75, 3.05) is 0 Å². The third kappa shape index (κ3) is 3.68. The van der Waals surface area contributed by atoms with Gasteiger partial charge in [-0.15, -0.1) is 12.6 Å². The summed E-state index contributed by atoms with van der Waals surface area (Å²) < 4.78 is 0. The smallest absolute Gasteiger partial charge is 0.0249 e. The summed E-state index contributed by atoms with van der Waals surface area (Å²) >= 11 is 4.25. The molecular formula is C17H16S. The number of rotatable bonds is 2. The highest BCUT2D eigenvalue weighted by Gasteiger charge is 1.91. The number of aryl methyl sites for hydroxylation is 1. The van der Waals surface area contributed by atoms with Crippen LogP contribution in [-0.4, -0.2) is 0 Å². The maximum Gasteiger partial charge on any atom is 0.0249 e. The van der Waals surface area contributed by atoms with Crippen molar-refractivity contribution in [3.63, 3.8) is 0 Å². The molecule has 0 N–H and O–H groups in total. The van der Waals surface area contributed by atoms with Crippen molar-refractivity contribution in [2.45, 2.75) is 24.7 Å². The second-order valence-electron chi connectivity index (χ2n) is 4.24. The van der Waals surface area contributed by atoms with Gasteiger partial charge in [0.1, 0.15) is 0 Å². The standard InChI is InChI=1S/C17H16S/c1-2-3-14-4-6-15(7-5-14)8-9-16-10-12-17(18)13-11-16/h4-7,10-13,18H,2-3H2,1H3. The van der Waals surface area contributed by atoms with Crippen molar-refractivity contribution in [3.05, 3.63) is 65.2 Å². The highest BCUT2D eigenvalue weighted by molar-refractivity contribution is 7.80. The summed E-state index contributed by atoms with van der Waals surface area (Å²) in [6, 6.07) is 16.4. The zero-order valence-electron chi connectivity index (χ0n) is 10.5. The molecule has 0 amide bonds. The molecule has 0 heterocycles. The molecule has 0 radical (unpaired) electrons. The Kier molecular flexibility index (Phi) is 4.50. The van der Waals surface area contributed by atoms with E-state index in [0.29, 0.717) is 0 Å². The Hall–Kier alpha value is -1.65. The zero-order valence-corrected chi connectivity index (χ0v) is 11.4. The first-order valence-electron chi connectivity index (χ1n) is 6.18. The first kappa shape index (κ1) is 12.8. The normalized spacial score (nSPS) is 9.67. The van der Waals surface area contributed by atoms with Gasteiger partial charge in [0.2, 0.25) is 0 Å². The van der Waals surface area contributed by atoms with E-state index in [-0.39, 0.29) is 0 Å². The predicted molar refractivity (Wildman–Crippen MR) is 80.1 cm³/mol. The van der Waals surface area contributed by atoms with Gasteiger partial charge in [0, 0.05) is 16.0 Å². The van der Waals surface area contributed by atoms with Crippen LogP contribution >= 0.6 is 12.6 Å². The largest absolute Gasteiger partial charge is 0.143 e. The lowest BCUT2D eigenvalue weighted by molar-refractivity contribution is 0.922. The van der Waals surface area contributed by atoms with Crippen LogP contribution in [0, 0.1) is 11.8 Å². The predicted octanol–water partition coefficient (Wildman–Crippen LogP) is 4.33. The molecule has 0 aliphatic carbocycles. The van der Waals surface area contributed by atoms with Crippen molar-refractivity contribution in [3.8, 4) is 11.8 Å². The van der Waals surface area contributed by atoms with Crippen LogP contribution in [0.25, 0.3) is 0 Å². The minimum absolute atomic E-state index is 0.962. The lowest BCUT2D eigenvalue weighted by atomic mass is 10.1. The fourth-order valence-electron chi connectivity index (χ4n) is 1.73. The van der Waals surface area contributed by atoms with Gasteiger partial charge in [0.05, 0.1) is 0 Å².